The molecule has 0 bridgehead atoms. The van der Waals surface area contributed by atoms with Crippen molar-refractivity contribution in [3.8, 4) is 0 Å². The van der Waals surface area contributed by atoms with E-state index in [1.807, 2.05) is 0 Å². The van der Waals surface area contributed by atoms with Gasteiger partial charge in [0.1, 0.15) is 0 Å². The maximum Gasteiger partial charge on any atom is 0.0217 e. The Bertz CT molecular complexity index is 274. The zero-order chi connectivity index (χ0) is 11.0. The summed E-state index contributed by atoms with van der Waals surface area (Å²) in [6, 6.07) is 1.58. The van der Waals surface area contributed by atoms with Crippen LogP contribution in [0.25, 0.3) is 0 Å². The lowest BCUT2D eigenvalue weighted by Gasteiger charge is -2.42. The molecule has 0 spiro atoms. The molecule has 0 radical (unpaired) electrons. The van der Waals surface area contributed by atoms with Gasteiger partial charge in [0.2, 0.25) is 0 Å². The third-order valence-electron chi connectivity index (χ3n) is 4.90. The minimum atomic E-state index is 0.790. The number of hydrogen-bond donors (Lipinski definition) is 1. The summed E-state index contributed by atoms with van der Waals surface area (Å²) in [5, 5.41) is 3.80. The van der Waals surface area contributed by atoms with E-state index in [1.165, 1.54) is 45.2 Å². The number of likely N-dealkylation sites (N-methyl/N-ethyl adjacent to an activating group) is 1. The molecule has 2 aliphatic carbocycles. The van der Waals surface area contributed by atoms with E-state index in [2.05, 4.69) is 29.4 Å². The summed E-state index contributed by atoms with van der Waals surface area (Å²) in [4.78, 5) is 2.54. The van der Waals surface area contributed by atoms with E-state index in [4.69, 9.17) is 0 Å². The average Bonchev–Trinajstić information content (AvgIpc) is 2.63. The molecule has 3 aliphatic rings. The summed E-state index contributed by atoms with van der Waals surface area (Å²) in [5.74, 6) is 1.86. The molecule has 90 valence electrons. The third-order valence-corrected chi connectivity index (χ3v) is 4.90. The quantitative estimate of drug-likeness (QED) is 0.732. The molecule has 0 aromatic rings. The molecule has 1 heterocycles. The highest BCUT2D eigenvalue weighted by Crippen LogP contribution is 2.42. The van der Waals surface area contributed by atoms with E-state index < -0.39 is 0 Å². The normalized spacial score (nSPS) is 43.1. The van der Waals surface area contributed by atoms with Crippen LogP contribution >= 0.6 is 0 Å². The van der Waals surface area contributed by atoms with Crippen molar-refractivity contribution in [2.75, 3.05) is 20.1 Å². The predicted molar refractivity (Wildman–Crippen MR) is 67.4 cm³/mol. The molecule has 2 nitrogen and oxygen atoms in total. The Hall–Kier alpha value is -0.340. The molecule has 1 N–H and O–H groups in total. The van der Waals surface area contributed by atoms with E-state index in [0.29, 0.717) is 0 Å². The summed E-state index contributed by atoms with van der Waals surface area (Å²) in [6.07, 6.45) is 11.8. The average molecular weight is 220 g/mol. The second kappa shape index (κ2) is 4.50. The van der Waals surface area contributed by atoms with Crippen molar-refractivity contribution in [2.45, 2.75) is 44.2 Å². The van der Waals surface area contributed by atoms with Crippen LogP contribution in [0.5, 0.6) is 0 Å². The number of nitrogens with zero attached hydrogens (tertiary/aromatic N) is 1. The second-order valence-electron chi connectivity index (χ2n) is 5.88. The summed E-state index contributed by atoms with van der Waals surface area (Å²) in [6.45, 7) is 2.50. The van der Waals surface area contributed by atoms with Gasteiger partial charge < -0.3 is 10.2 Å². The van der Waals surface area contributed by atoms with Gasteiger partial charge in [-0.25, -0.2) is 0 Å². The van der Waals surface area contributed by atoms with Gasteiger partial charge in [-0.2, -0.15) is 0 Å². The van der Waals surface area contributed by atoms with Gasteiger partial charge in [-0.15, -0.1) is 0 Å². The zero-order valence-electron chi connectivity index (χ0n) is 10.4. The van der Waals surface area contributed by atoms with Crippen LogP contribution in [0.2, 0.25) is 0 Å². The largest absolute Gasteiger partial charge is 0.312 e. The van der Waals surface area contributed by atoms with Crippen molar-refractivity contribution in [3.05, 3.63) is 12.2 Å². The molecule has 4 atom stereocenters. The summed E-state index contributed by atoms with van der Waals surface area (Å²) in [7, 11) is 2.28. The SMILES string of the molecule is CN1CCCCC1CNC1CC2CC=CC21. The molecule has 3 rings (SSSR count). The van der Waals surface area contributed by atoms with Gasteiger partial charge in [0.25, 0.3) is 0 Å². The number of allylic oxidation sites excluding steroid dienone is 1. The van der Waals surface area contributed by atoms with Crippen LogP contribution in [0.4, 0.5) is 0 Å². The number of nitrogens with one attached hydrogen (secondary N) is 1. The van der Waals surface area contributed by atoms with Gasteiger partial charge in [-0.3, -0.25) is 0 Å². The van der Waals surface area contributed by atoms with Crippen LogP contribution < -0.4 is 5.32 Å². The first kappa shape index (κ1) is 10.8. The smallest absolute Gasteiger partial charge is 0.0217 e. The van der Waals surface area contributed by atoms with Crippen molar-refractivity contribution in [1.29, 1.82) is 0 Å². The fourth-order valence-electron chi connectivity index (χ4n) is 3.64. The Morgan fingerprint density at radius 2 is 2.31 bits per heavy atom. The fourth-order valence-corrected chi connectivity index (χ4v) is 3.64. The first-order valence-corrected chi connectivity index (χ1v) is 6.95. The standard InChI is InChI=1S/C14H24N2/c1-16-8-3-2-6-12(16)10-15-14-9-11-5-4-7-13(11)14/h4,7,11-15H,2-3,5-6,8-10H2,1H3. The van der Waals surface area contributed by atoms with Crippen LogP contribution in [0.15, 0.2) is 12.2 Å². The molecular weight excluding hydrogens is 196 g/mol. The van der Waals surface area contributed by atoms with Gasteiger partial charge in [0.15, 0.2) is 0 Å². The van der Waals surface area contributed by atoms with Crippen LogP contribution in [-0.2, 0) is 0 Å². The highest BCUT2D eigenvalue weighted by atomic mass is 15.2. The molecule has 4 unspecified atom stereocenters. The Labute approximate surface area is 99.1 Å². The van der Waals surface area contributed by atoms with Gasteiger partial charge in [-0.1, -0.05) is 18.6 Å². The number of hydrogen-bond acceptors (Lipinski definition) is 2. The Morgan fingerprint density at radius 1 is 1.38 bits per heavy atom. The van der Waals surface area contributed by atoms with E-state index in [0.717, 1.165) is 23.9 Å². The highest BCUT2D eigenvalue weighted by Gasteiger charge is 2.40. The zero-order valence-corrected chi connectivity index (χ0v) is 10.4. The highest BCUT2D eigenvalue weighted by molar-refractivity contribution is 5.12. The minimum absolute atomic E-state index is 0.790. The van der Waals surface area contributed by atoms with Gasteiger partial charge in [-0.05, 0) is 51.1 Å². The lowest BCUT2D eigenvalue weighted by molar-refractivity contribution is 0.131. The van der Waals surface area contributed by atoms with E-state index >= 15 is 0 Å². The molecule has 2 fully saturated rings. The van der Waals surface area contributed by atoms with Crippen LogP contribution in [-0.4, -0.2) is 37.1 Å². The Kier molecular flexibility index (Phi) is 3.03. The second-order valence-corrected chi connectivity index (χ2v) is 5.88. The first-order valence-electron chi connectivity index (χ1n) is 6.95. The lowest BCUT2D eigenvalue weighted by atomic mass is 9.71. The van der Waals surface area contributed by atoms with Crippen LogP contribution in [0, 0.1) is 11.8 Å². The van der Waals surface area contributed by atoms with Crippen molar-refractivity contribution >= 4 is 0 Å². The third kappa shape index (κ3) is 1.93. The lowest BCUT2D eigenvalue weighted by Crippen LogP contribution is -2.52. The summed E-state index contributed by atoms with van der Waals surface area (Å²) < 4.78 is 0. The van der Waals surface area contributed by atoms with Crippen molar-refractivity contribution < 1.29 is 0 Å². The van der Waals surface area contributed by atoms with Crippen molar-refractivity contribution in [3.63, 3.8) is 0 Å². The van der Waals surface area contributed by atoms with Gasteiger partial charge in [0, 0.05) is 18.6 Å². The molecule has 16 heavy (non-hydrogen) atoms. The Morgan fingerprint density at radius 3 is 3.12 bits per heavy atom. The minimum Gasteiger partial charge on any atom is -0.312 e. The molecule has 0 amide bonds. The topological polar surface area (TPSA) is 15.3 Å². The number of likely N-dealkylation sites (tertiary alicyclic amines) is 1. The van der Waals surface area contributed by atoms with E-state index in [1.54, 1.807) is 0 Å². The van der Waals surface area contributed by atoms with Crippen molar-refractivity contribution in [2.24, 2.45) is 11.8 Å². The molecule has 1 saturated carbocycles. The fraction of sp³-hybridized carbons (Fsp3) is 0.857. The number of piperidine rings is 1. The molecule has 1 saturated heterocycles. The molecule has 2 heteroatoms. The van der Waals surface area contributed by atoms with Gasteiger partial charge >= 0.3 is 0 Å². The molecular formula is C14H24N2. The van der Waals surface area contributed by atoms with Crippen LogP contribution in [0.3, 0.4) is 0 Å². The molecule has 1 aliphatic heterocycles. The number of rotatable bonds is 3. The van der Waals surface area contributed by atoms with Crippen molar-refractivity contribution in [1.82, 2.24) is 10.2 Å². The first-order chi connectivity index (χ1) is 7.84. The summed E-state index contributed by atoms with van der Waals surface area (Å²) in [5.41, 5.74) is 0. The van der Waals surface area contributed by atoms with E-state index in [9.17, 15) is 0 Å². The maximum absolute atomic E-state index is 3.80. The predicted octanol–water partition coefficient (Wildman–Crippen LogP) is 2.02. The van der Waals surface area contributed by atoms with Gasteiger partial charge in [0.05, 0.1) is 0 Å². The monoisotopic (exact) mass is 220 g/mol. The number of fused-ring (bicyclic) bond motifs is 1. The summed E-state index contributed by atoms with van der Waals surface area (Å²) >= 11 is 0. The molecule has 0 aromatic carbocycles. The molecule has 0 aromatic heterocycles. The van der Waals surface area contributed by atoms with Crippen LogP contribution in [0.1, 0.15) is 32.1 Å². The Balaban J connectivity index is 1.44. The maximum atomic E-state index is 3.80. The van der Waals surface area contributed by atoms with E-state index in [-0.39, 0.29) is 0 Å².